The normalized spacial score (nSPS) is 13.0. The van der Waals surface area contributed by atoms with Gasteiger partial charge in [0.15, 0.2) is 0 Å². The average Bonchev–Trinajstić information content (AvgIpc) is 2.84. The Balaban J connectivity index is 2.43. The zero-order valence-corrected chi connectivity index (χ0v) is 15.2. The summed E-state index contributed by atoms with van der Waals surface area (Å²) >= 11 is 1.57. The van der Waals surface area contributed by atoms with E-state index in [0.29, 0.717) is 18.4 Å². The summed E-state index contributed by atoms with van der Waals surface area (Å²) in [6.45, 7) is 13.2. The van der Waals surface area contributed by atoms with Crippen LogP contribution in [0.1, 0.15) is 46.6 Å². The van der Waals surface area contributed by atoms with Gasteiger partial charge in [-0.2, -0.15) is 0 Å². The van der Waals surface area contributed by atoms with E-state index in [4.69, 9.17) is 4.74 Å². The van der Waals surface area contributed by atoms with Crippen LogP contribution >= 0.6 is 11.3 Å². The van der Waals surface area contributed by atoms with Crippen molar-refractivity contribution in [3.8, 4) is 0 Å². The van der Waals surface area contributed by atoms with Gasteiger partial charge in [-0.3, -0.25) is 0 Å². The predicted molar refractivity (Wildman–Crippen MR) is 90.3 cm³/mol. The summed E-state index contributed by atoms with van der Waals surface area (Å²) < 4.78 is 5.26. The van der Waals surface area contributed by atoms with Gasteiger partial charge in [0.1, 0.15) is 10.6 Å². The molecule has 0 aliphatic rings. The standard InChI is InChI=1S/C15H28N4O2S/c1-7-12-18-19-13(22-12)16-8-11(10(2)3)9-17-14(20)21-15(4,5)6/h10-11H,7-9H2,1-6H3,(H,16,19)(H,17,20). The summed E-state index contributed by atoms with van der Waals surface area (Å²) in [5.74, 6) is 0.725. The van der Waals surface area contributed by atoms with Gasteiger partial charge in [0.05, 0.1) is 0 Å². The minimum atomic E-state index is -0.473. The molecule has 7 heteroatoms. The number of anilines is 1. The van der Waals surface area contributed by atoms with Crippen LogP contribution in [0.2, 0.25) is 0 Å². The molecule has 1 rings (SSSR count). The number of carbonyl (C=O) groups is 1. The molecule has 6 nitrogen and oxygen atoms in total. The van der Waals surface area contributed by atoms with Crippen molar-refractivity contribution in [3.63, 3.8) is 0 Å². The van der Waals surface area contributed by atoms with Gasteiger partial charge in [0.25, 0.3) is 0 Å². The third-order valence-electron chi connectivity index (χ3n) is 3.14. The SMILES string of the molecule is CCc1nnc(NCC(CNC(=O)OC(C)(C)C)C(C)C)s1. The van der Waals surface area contributed by atoms with E-state index in [1.165, 1.54) is 0 Å². The molecule has 2 N–H and O–H groups in total. The molecule has 0 saturated carbocycles. The number of nitrogens with one attached hydrogen (secondary N) is 2. The molecule has 0 spiro atoms. The highest BCUT2D eigenvalue weighted by Gasteiger charge is 2.19. The Morgan fingerprint density at radius 2 is 1.95 bits per heavy atom. The second-order valence-electron chi connectivity index (χ2n) is 6.62. The summed E-state index contributed by atoms with van der Waals surface area (Å²) in [7, 11) is 0. The van der Waals surface area contributed by atoms with E-state index in [1.54, 1.807) is 11.3 Å². The molecule has 126 valence electrons. The highest BCUT2D eigenvalue weighted by atomic mass is 32.1. The third-order valence-corrected chi connectivity index (χ3v) is 4.16. The van der Waals surface area contributed by atoms with Crippen LogP contribution in [0.15, 0.2) is 0 Å². The van der Waals surface area contributed by atoms with Crippen molar-refractivity contribution < 1.29 is 9.53 Å². The quantitative estimate of drug-likeness (QED) is 0.803. The maximum absolute atomic E-state index is 11.7. The Bertz CT molecular complexity index is 468. The van der Waals surface area contributed by atoms with E-state index in [2.05, 4.69) is 41.6 Å². The Morgan fingerprint density at radius 1 is 1.27 bits per heavy atom. The second-order valence-corrected chi connectivity index (χ2v) is 7.68. The van der Waals surface area contributed by atoms with Crippen LogP contribution in [0, 0.1) is 11.8 Å². The molecule has 1 unspecified atom stereocenters. The molecular weight excluding hydrogens is 300 g/mol. The van der Waals surface area contributed by atoms with E-state index in [9.17, 15) is 4.79 Å². The van der Waals surface area contributed by atoms with Crippen molar-refractivity contribution in [2.45, 2.75) is 53.6 Å². The summed E-state index contributed by atoms with van der Waals surface area (Å²) in [6, 6.07) is 0. The molecule has 1 heterocycles. The largest absolute Gasteiger partial charge is 0.444 e. The summed E-state index contributed by atoms with van der Waals surface area (Å²) in [5.41, 5.74) is -0.473. The molecule has 1 atom stereocenters. The number of nitrogens with zero attached hydrogens (tertiary/aromatic N) is 2. The molecular formula is C15H28N4O2S. The summed E-state index contributed by atoms with van der Waals surface area (Å²) in [5, 5.41) is 16.2. The van der Waals surface area contributed by atoms with E-state index >= 15 is 0 Å². The second kappa shape index (κ2) is 8.31. The van der Waals surface area contributed by atoms with Crippen molar-refractivity contribution in [2.75, 3.05) is 18.4 Å². The maximum atomic E-state index is 11.7. The fourth-order valence-corrected chi connectivity index (χ4v) is 2.44. The van der Waals surface area contributed by atoms with E-state index in [0.717, 1.165) is 23.1 Å². The molecule has 1 aromatic heterocycles. The topological polar surface area (TPSA) is 76.1 Å². The lowest BCUT2D eigenvalue weighted by atomic mass is 9.96. The van der Waals surface area contributed by atoms with Crippen LogP contribution in [0.5, 0.6) is 0 Å². The summed E-state index contributed by atoms with van der Waals surface area (Å²) in [4.78, 5) is 11.7. The smallest absolute Gasteiger partial charge is 0.407 e. The minimum absolute atomic E-state index is 0.293. The number of rotatable bonds is 7. The number of carbonyl (C=O) groups excluding carboxylic acids is 1. The van der Waals surface area contributed by atoms with Crippen LogP contribution in [-0.4, -0.2) is 35.0 Å². The fourth-order valence-electron chi connectivity index (χ4n) is 1.76. The maximum Gasteiger partial charge on any atom is 0.407 e. The third kappa shape index (κ3) is 7.06. The van der Waals surface area contributed by atoms with Crippen LogP contribution < -0.4 is 10.6 Å². The molecule has 1 aromatic rings. The van der Waals surface area contributed by atoms with Crippen LogP contribution in [-0.2, 0) is 11.2 Å². The molecule has 0 aliphatic carbocycles. The first-order valence-electron chi connectivity index (χ1n) is 7.74. The molecule has 0 radical (unpaired) electrons. The lowest BCUT2D eigenvalue weighted by Crippen LogP contribution is -2.38. The molecule has 1 amide bonds. The number of alkyl carbamates (subject to hydrolysis) is 1. The Kier molecular flexibility index (Phi) is 7.06. The van der Waals surface area contributed by atoms with Gasteiger partial charge in [0.2, 0.25) is 5.13 Å². The van der Waals surface area contributed by atoms with Crippen molar-refractivity contribution in [2.24, 2.45) is 11.8 Å². The van der Waals surface area contributed by atoms with Crippen molar-refractivity contribution >= 4 is 22.6 Å². The summed E-state index contributed by atoms with van der Waals surface area (Å²) in [6.07, 6.45) is 0.523. The first-order valence-corrected chi connectivity index (χ1v) is 8.56. The van der Waals surface area contributed by atoms with Gasteiger partial charge in [-0.05, 0) is 39.0 Å². The number of aryl methyl sites for hydroxylation is 1. The van der Waals surface area contributed by atoms with Crippen molar-refractivity contribution in [1.82, 2.24) is 15.5 Å². The average molecular weight is 328 g/mol. The van der Waals surface area contributed by atoms with E-state index in [1.807, 2.05) is 20.8 Å². The number of aromatic nitrogens is 2. The van der Waals surface area contributed by atoms with Crippen LogP contribution in [0.3, 0.4) is 0 Å². The first kappa shape index (κ1) is 18.7. The van der Waals surface area contributed by atoms with E-state index < -0.39 is 5.60 Å². The molecule has 0 bridgehead atoms. The van der Waals surface area contributed by atoms with Gasteiger partial charge in [-0.1, -0.05) is 32.1 Å². The fraction of sp³-hybridized carbons (Fsp3) is 0.800. The Labute approximate surface area is 137 Å². The Morgan fingerprint density at radius 3 is 2.45 bits per heavy atom. The number of hydrogen-bond acceptors (Lipinski definition) is 6. The molecule has 0 fully saturated rings. The van der Waals surface area contributed by atoms with Crippen LogP contribution in [0.4, 0.5) is 9.93 Å². The number of ether oxygens (including phenoxy) is 1. The lowest BCUT2D eigenvalue weighted by Gasteiger charge is -2.24. The van der Waals surface area contributed by atoms with Gasteiger partial charge in [-0.25, -0.2) is 4.79 Å². The molecule has 0 aliphatic heterocycles. The van der Waals surface area contributed by atoms with Crippen LogP contribution in [0.25, 0.3) is 0 Å². The minimum Gasteiger partial charge on any atom is -0.444 e. The van der Waals surface area contributed by atoms with Gasteiger partial charge in [-0.15, -0.1) is 10.2 Å². The van der Waals surface area contributed by atoms with Gasteiger partial charge in [0, 0.05) is 13.1 Å². The zero-order chi connectivity index (χ0) is 16.8. The highest BCUT2D eigenvalue weighted by Crippen LogP contribution is 2.17. The monoisotopic (exact) mass is 328 g/mol. The number of hydrogen-bond donors (Lipinski definition) is 2. The molecule has 0 aromatic carbocycles. The van der Waals surface area contributed by atoms with Crippen molar-refractivity contribution in [1.29, 1.82) is 0 Å². The molecule has 0 saturated heterocycles. The zero-order valence-electron chi connectivity index (χ0n) is 14.4. The predicted octanol–water partition coefficient (Wildman–Crippen LogP) is 3.31. The molecule has 22 heavy (non-hydrogen) atoms. The van der Waals surface area contributed by atoms with Gasteiger partial charge >= 0.3 is 6.09 Å². The van der Waals surface area contributed by atoms with Crippen molar-refractivity contribution in [3.05, 3.63) is 5.01 Å². The first-order chi connectivity index (χ1) is 10.2. The lowest BCUT2D eigenvalue weighted by molar-refractivity contribution is 0.0516. The van der Waals surface area contributed by atoms with Gasteiger partial charge < -0.3 is 15.4 Å². The Hall–Kier alpha value is -1.37. The number of amides is 1. The highest BCUT2D eigenvalue weighted by molar-refractivity contribution is 7.15. The van der Waals surface area contributed by atoms with E-state index in [-0.39, 0.29) is 6.09 Å².